The first-order chi connectivity index (χ1) is 8.95. The van der Waals surface area contributed by atoms with Crippen LogP contribution >= 0.6 is 11.3 Å². The molecule has 5 nitrogen and oxygen atoms in total. The summed E-state index contributed by atoms with van der Waals surface area (Å²) in [6.45, 7) is 3.19. The van der Waals surface area contributed by atoms with Crippen molar-refractivity contribution in [3.63, 3.8) is 0 Å². The van der Waals surface area contributed by atoms with E-state index in [1.807, 2.05) is 0 Å². The second kappa shape index (κ2) is 6.84. The Morgan fingerprint density at radius 2 is 2.16 bits per heavy atom. The van der Waals surface area contributed by atoms with Crippen LogP contribution in [0.1, 0.15) is 40.3 Å². The van der Waals surface area contributed by atoms with Crippen molar-refractivity contribution in [3.8, 4) is 0 Å². The predicted octanol–water partition coefficient (Wildman–Crippen LogP) is 2.10. The quantitative estimate of drug-likeness (QED) is 0.618. The highest BCUT2D eigenvalue weighted by atomic mass is 32.1. The average Bonchev–Trinajstić information content (AvgIpc) is 2.83. The number of amides is 1. The third-order valence-corrected chi connectivity index (χ3v) is 3.37. The second-order valence-electron chi connectivity index (χ2n) is 3.92. The summed E-state index contributed by atoms with van der Waals surface area (Å²) >= 11 is 1.12. The van der Waals surface area contributed by atoms with Gasteiger partial charge in [0.1, 0.15) is 6.04 Å². The van der Waals surface area contributed by atoms with Crippen LogP contribution in [0.3, 0.4) is 0 Å². The van der Waals surface area contributed by atoms with Crippen LogP contribution in [0, 0.1) is 0 Å². The molecule has 1 rings (SSSR count). The summed E-state index contributed by atoms with van der Waals surface area (Å²) in [5, 5.41) is 13.0. The van der Waals surface area contributed by atoms with E-state index in [0.29, 0.717) is 10.4 Å². The van der Waals surface area contributed by atoms with Crippen LogP contribution in [-0.4, -0.2) is 28.8 Å². The van der Waals surface area contributed by atoms with Gasteiger partial charge in [0, 0.05) is 10.9 Å². The van der Waals surface area contributed by atoms with Gasteiger partial charge in [-0.05, 0) is 26.3 Å². The first-order valence-electron chi connectivity index (χ1n) is 5.70. The number of hydrogen-bond donors (Lipinski definition) is 2. The van der Waals surface area contributed by atoms with Crippen molar-refractivity contribution in [1.29, 1.82) is 0 Å². The number of ketones is 1. The van der Waals surface area contributed by atoms with E-state index in [1.54, 1.807) is 24.5 Å². The van der Waals surface area contributed by atoms with E-state index in [-0.39, 0.29) is 12.2 Å². The number of hydrogen-bond acceptors (Lipinski definition) is 4. The molecule has 2 N–H and O–H groups in total. The fraction of sp³-hybridized carbons (Fsp3) is 0.308. The molecule has 0 saturated heterocycles. The molecule has 0 aromatic carbocycles. The molecule has 0 fully saturated rings. The third-order valence-electron chi connectivity index (χ3n) is 2.44. The zero-order valence-electron chi connectivity index (χ0n) is 10.7. The molecule has 19 heavy (non-hydrogen) atoms. The van der Waals surface area contributed by atoms with E-state index in [9.17, 15) is 14.4 Å². The lowest BCUT2D eigenvalue weighted by Crippen LogP contribution is -2.40. The molecule has 0 aliphatic rings. The first kappa shape index (κ1) is 15.1. The maximum Gasteiger partial charge on any atom is 0.326 e. The molecule has 1 unspecified atom stereocenters. The van der Waals surface area contributed by atoms with Crippen molar-refractivity contribution in [2.75, 3.05) is 0 Å². The van der Waals surface area contributed by atoms with Gasteiger partial charge in [-0.2, -0.15) is 0 Å². The number of nitrogens with one attached hydrogen (secondary N) is 1. The Hall–Kier alpha value is -1.95. The number of carboxylic acids is 1. The predicted molar refractivity (Wildman–Crippen MR) is 72.6 cm³/mol. The summed E-state index contributed by atoms with van der Waals surface area (Å²) in [7, 11) is 0. The minimum Gasteiger partial charge on any atom is -0.480 e. The lowest BCUT2D eigenvalue weighted by atomic mass is 10.2. The van der Waals surface area contributed by atoms with Crippen molar-refractivity contribution in [2.45, 2.75) is 26.3 Å². The molecule has 1 aromatic heterocycles. The third kappa shape index (κ3) is 4.33. The number of thiophene rings is 1. The molecule has 1 heterocycles. The SMILES string of the molecule is C/C=C/CC(NC(=O)c1cc(C(C)=O)cs1)C(=O)O. The summed E-state index contributed by atoms with van der Waals surface area (Å²) in [5.41, 5.74) is 0.454. The van der Waals surface area contributed by atoms with Crippen LogP contribution in [0.15, 0.2) is 23.6 Å². The van der Waals surface area contributed by atoms with E-state index >= 15 is 0 Å². The van der Waals surface area contributed by atoms with E-state index in [2.05, 4.69) is 5.32 Å². The number of carboxylic acid groups (broad SMARTS) is 1. The summed E-state index contributed by atoms with van der Waals surface area (Å²) in [4.78, 5) is 34.3. The van der Waals surface area contributed by atoms with Gasteiger partial charge in [-0.25, -0.2) is 4.79 Å². The number of rotatable bonds is 6. The van der Waals surface area contributed by atoms with Crippen LogP contribution in [0.25, 0.3) is 0 Å². The molecule has 1 atom stereocenters. The Labute approximate surface area is 114 Å². The lowest BCUT2D eigenvalue weighted by molar-refractivity contribution is -0.139. The van der Waals surface area contributed by atoms with Gasteiger partial charge in [-0.15, -0.1) is 11.3 Å². The van der Waals surface area contributed by atoms with Crippen LogP contribution in [0.4, 0.5) is 0 Å². The molecule has 0 radical (unpaired) electrons. The van der Waals surface area contributed by atoms with Crippen molar-refractivity contribution < 1.29 is 19.5 Å². The smallest absolute Gasteiger partial charge is 0.326 e. The van der Waals surface area contributed by atoms with Gasteiger partial charge in [0.2, 0.25) is 0 Å². The Kier molecular flexibility index (Phi) is 5.44. The molecular weight excluding hydrogens is 266 g/mol. The zero-order chi connectivity index (χ0) is 14.4. The maximum absolute atomic E-state index is 11.9. The first-order valence-corrected chi connectivity index (χ1v) is 6.58. The normalized spacial score (nSPS) is 12.3. The van der Waals surface area contributed by atoms with E-state index in [4.69, 9.17) is 5.11 Å². The summed E-state index contributed by atoms with van der Waals surface area (Å²) in [6.07, 6.45) is 3.62. The van der Waals surface area contributed by atoms with Gasteiger partial charge >= 0.3 is 5.97 Å². The Morgan fingerprint density at radius 3 is 2.63 bits per heavy atom. The minimum atomic E-state index is -1.09. The van der Waals surface area contributed by atoms with E-state index in [1.165, 1.54) is 13.0 Å². The molecule has 6 heteroatoms. The highest BCUT2D eigenvalue weighted by molar-refractivity contribution is 7.12. The molecule has 1 aromatic rings. The van der Waals surface area contributed by atoms with Crippen LogP contribution < -0.4 is 5.32 Å². The van der Waals surface area contributed by atoms with E-state index in [0.717, 1.165) is 11.3 Å². The molecule has 0 spiro atoms. The average molecular weight is 281 g/mol. The van der Waals surface area contributed by atoms with Crippen LogP contribution in [0.5, 0.6) is 0 Å². The Balaban J connectivity index is 2.75. The summed E-state index contributed by atoms with van der Waals surface area (Å²) < 4.78 is 0. The molecular formula is C13H15NO4S. The Morgan fingerprint density at radius 1 is 1.47 bits per heavy atom. The number of carbonyl (C=O) groups excluding carboxylic acids is 2. The highest BCUT2D eigenvalue weighted by Gasteiger charge is 2.20. The number of Topliss-reactive ketones (excluding diaryl/α,β-unsaturated/α-hetero) is 1. The highest BCUT2D eigenvalue weighted by Crippen LogP contribution is 2.15. The van der Waals surface area contributed by atoms with E-state index < -0.39 is 17.9 Å². The molecule has 0 saturated carbocycles. The van der Waals surface area contributed by atoms with Crippen molar-refractivity contribution >= 4 is 29.0 Å². The fourth-order valence-electron chi connectivity index (χ4n) is 1.36. The van der Waals surface area contributed by atoms with Gasteiger partial charge in [0.15, 0.2) is 5.78 Å². The maximum atomic E-state index is 11.9. The minimum absolute atomic E-state index is 0.126. The fourth-order valence-corrected chi connectivity index (χ4v) is 2.21. The van der Waals surface area contributed by atoms with Crippen molar-refractivity contribution in [3.05, 3.63) is 34.0 Å². The van der Waals surface area contributed by atoms with Crippen LogP contribution in [0.2, 0.25) is 0 Å². The number of carbonyl (C=O) groups is 3. The van der Waals surface area contributed by atoms with Crippen molar-refractivity contribution in [2.24, 2.45) is 0 Å². The second-order valence-corrected chi connectivity index (χ2v) is 4.84. The van der Waals surface area contributed by atoms with Crippen LogP contribution in [-0.2, 0) is 4.79 Å². The number of aliphatic carboxylic acids is 1. The summed E-state index contributed by atoms with van der Waals surface area (Å²) in [5.74, 6) is -1.69. The topological polar surface area (TPSA) is 83.5 Å². The lowest BCUT2D eigenvalue weighted by Gasteiger charge is -2.11. The Bertz CT molecular complexity index is 518. The molecule has 1 amide bonds. The molecule has 102 valence electrons. The standard InChI is InChI=1S/C13H15NO4S/c1-3-4-5-10(13(17)18)14-12(16)11-6-9(7-19-11)8(2)15/h3-4,6-7,10H,5H2,1-2H3,(H,14,16)(H,17,18)/b4-3+. The van der Waals surface area contributed by atoms with Gasteiger partial charge in [0.05, 0.1) is 4.88 Å². The van der Waals surface area contributed by atoms with Gasteiger partial charge < -0.3 is 10.4 Å². The summed E-state index contributed by atoms with van der Waals surface area (Å²) in [6, 6.07) is 0.503. The molecule has 0 aliphatic carbocycles. The van der Waals surface area contributed by atoms with Crippen molar-refractivity contribution in [1.82, 2.24) is 5.32 Å². The largest absolute Gasteiger partial charge is 0.480 e. The van der Waals surface area contributed by atoms with Gasteiger partial charge in [-0.3, -0.25) is 9.59 Å². The number of allylic oxidation sites excluding steroid dienone is 1. The van der Waals surface area contributed by atoms with Gasteiger partial charge in [0.25, 0.3) is 5.91 Å². The molecule has 0 bridgehead atoms. The molecule has 0 aliphatic heterocycles. The van der Waals surface area contributed by atoms with Gasteiger partial charge in [-0.1, -0.05) is 12.2 Å². The zero-order valence-corrected chi connectivity index (χ0v) is 11.5. The monoisotopic (exact) mass is 281 g/mol.